The number of fused-ring (bicyclic) bond motifs is 1. The second-order valence-corrected chi connectivity index (χ2v) is 6.06. The van der Waals surface area contributed by atoms with E-state index < -0.39 is 29.4 Å². The summed E-state index contributed by atoms with van der Waals surface area (Å²) in [7, 11) is 0. The fourth-order valence-corrected chi connectivity index (χ4v) is 2.11. The number of hydrogen-bond donors (Lipinski definition) is 3. The summed E-state index contributed by atoms with van der Waals surface area (Å²) >= 11 is 0. The van der Waals surface area contributed by atoms with Gasteiger partial charge in [0.15, 0.2) is 0 Å². The highest BCUT2D eigenvalue weighted by molar-refractivity contribution is 5.94. The fourth-order valence-electron chi connectivity index (χ4n) is 2.11. The van der Waals surface area contributed by atoms with Crippen LogP contribution in [0, 0.1) is 0 Å². The number of ether oxygens (including phenoxy) is 1. The van der Waals surface area contributed by atoms with Gasteiger partial charge in [-0.1, -0.05) is 0 Å². The molecule has 1 aromatic heterocycles. The number of nitrogens with zero attached hydrogens (tertiary/aromatic N) is 1. The van der Waals surface area contributed by atoms with Crippen molar-refractivity contribution in [1.82, 2.24) is 15.3 Å². The maximum atomic E-state index is 12.7. The first-order chi connectivity index (χ1) is 12.0. The largest absolute Gasteiger partial charge is 0.465 e. The predicted molar refractivity (Wildman–Crippen MR) is 88.4 cm³/mol. The molecule has 0 aliphatic rings. The third kappa shape index (κ3) is 4.72. The van der Waals surface area contributed by atoms with Crippen LogP contribution >= 0.6 is 0 Å². The van der Waals surface area contributed by atoms with Crippen LogP contribution in [0.4, 0.5) is 18.9 Å². The highest BCUT2D eigenvalue weighted by atomic mass is 19.4. The lowest BCUT2D eigenvalue weighted by atomic mass is 10.1. The van der Waals surface area contributed by atoms with E-state index in [9.17, 15) is 22.8 Å². The molecular formula is C16H19F3N4O3. The van der Waals surface area contributed by atoms with E-state index in [2.05, 4.69) is 20.6 Å². The molecular weight excluding hydrogens is 353 g/mol. The number of rotatable bonds is 6. The van der Waals surface area contributed by atoms with Crippen LogP contribution in [-0.2, 0) is 20.5 Å². The zero-order chi connectivity index (χ0) is 19.5. The van der Waals surface area contributed by atoms with Crippen LogP contribution in [0.15, 0.2) is 18.2 Å². The van der Waals surface area contributed by atoms with Gasteiger partial charge in [-0.3, -0.25) is 14.9 Å². The number of benzene rings is 1. The van der Waals surface area contributed by atoms with Gasteiger partial charge in [0.1, 0.15) is 5.54 Å². The SMILES string of the molecule is CCOC(=O)C(C)(C)NCC(=O)Nc1ccc2nc(C(F)(F)F)[nH]c2c1. The van der Waals surface area contributed by atoms with E-state index >= 15 is 0 Å². The van der Waals surface area contributed by atoms with E-state index in [0.717, 1.165) is 0 Å². The van der Waals surface area contributed by atoms with E-state index in [-0.39, 0.29) is 24.2 Å². The molecule has 0 unspecified atom stereocenters. The molecule has 0 saturated carbocycles. The van der Waals surface area contributed by atoms with Crippen LogP contribution in [-0.4, -0.2) is 40.5 Å². The minimum atomic E-state index is -4.58. The number of nitrogens with one attached hydrogen (secondary N) is 3. The zero-order valence-electron chi connectivity index (χ0n) is 14.5. The minimum Gasteiger partial charge on any atom is -0.465 e. The third-order valence-corrected chi connectivity index (χ3v) is 3.51. The van der Waals surface area contributed by atoms with Crippen molar-refractivity contribution in [2.24, 2.45) is 0 Å². The molecule has 10 heteroatoms. The van der Waals surface area contributed by atoms with Crippen LogP contribution in [0.1, 0.15) is 26.6 Å². The number of aromatic nitrogens is 2. The number of imidazole rings is 1. The molecule has 142 valence electrons. The normalized spacial score (nSPS) is 12.2. The molecule has 0 spiro atoms. The first kappa shape index (κ1) is 19.7. The smallest absolute Gasteiger partial charge is 0.449 e. The summed E-state index contributed by atoms with van der Waals surface area (Å²) in [5.74, 6) is -2.06. The van der Waals surface area contributed by atoms with Crippen molar-refractivity contribution in [2.75, 3.05) is 18.5 Å². The molecule has 1 amide bonds. The Balaban J connectivity index is 2.01. The summed E-state index contributed by atoms with van der Waals surface area (Å²) in [5, 5.41) is 5.31. The summed E-state index contributed by atoms with van der Waals surface area (Å²) in [6.45, 7) is 4.87. The number of carbonyl (C=O) groups is 2. The van der Waals surface area contributed by atoms with E-state index in [1.807, 2.05) is 0 Å². The zero-order valence-corrected chi connectivity index (χ0v) is 14.5. The number of H-pyrrole nitrogens is 1. The summed E-state index contributed by atoms with van der Waals surface area (Å²) in [6, 6.07) is 4.16. The van der Waals surface area contributed by atoms with Crippen LogP contribution in [0.25, 0.3) is 11.0 Å². The van der Waals surface area contributed by atoms with Gasteiger partial charge in [-0.2, -0.15) is 13.2 Å². The molecule has 7 nitrogen and oxygen atoms in total. The maximum absolute atomic E-state index is 12.7. The Bertz CT molecular complexity index is 815. The third-order valence-electron chi connectivity index (χ3n) is 3.51. The van der Waals surface area contributed by atoms with Crippen LogP contribution in [0.3, 0.4) is 0 Å². The summed E-state index contributed by atoms with van der Waals surface area (Å²) in [4.78, 5) is 29.4. The second kappa shape index (κ2) is 7.32. The molecule has 2 aromatic rings. The fraction of sp³-hybridized carbons (Fsp3) is 0.438. The Hall–Kier alpha value is -2.62. The number of aromatic amines is 1. The number of alkyl halides is 3. The molecule has 0 saturated heterocycles. The maximum Gasteiger partial charge on any atom is 0.449 e. The van der Waals surface area contributed by atoms with E-state index in [1.54, 1.807) is 20.8 Å². The van der Waals surface area contributed by atoms with Crippen molar-refractivity contribution >= 4 is 28.6 Å². The van der Waals surface area contributed by atoms with Crippen molar-refractivity contribution in [1.29, 1.82) is 0 Å². The van der Waals surface area contributed by atoms with Gasteiger partial charge in [0.05, 0.1) is 24.2 Å². The Morgan fingerprint density at radius 3 is 2.58 bits per heavy atom. The van der Waals surface area contributed by atoms with Gasteiger partial charge < -0.3 is 15.0 Å². The topological polar surface area (TPSA) is 96.1 Å². The lowest BCUT2D eigenvalue weighted by Crippen LogP contribution is -2.50. The van der Waals surface area contributed by atoms with Crippen LogP contribution < -0.4 is 10.6 Å². The summed E-state index contributed by atoms with van der Waals surface area (Å²) < 4.78 is 42.9. The van der Waals surface area contributed by atoms with Crippen molar-refractivity contribution < 1.29 is 27.5 Å². The molecule has 0 bridgehead atoms. The average Bonchev–Trinajstić information content (AvgIpc) is 2.97. The Kier molecular flexibility index (Phi) is 5.55. The van der Waals surface area contributed by atoms with Gasteiger partial charge in [0.25, 0.3) is 0 Å². The van der Waals surface area contributed by atoms with E-state index in [4.69, 9.17) is 4.74 Å². The van der Waals surface area contributed by atoms with Gasteiger partial charge in [-0.05, 0) is 39.0 Å². The molecule has 0 aliphatic heterocycles. The number of anilines is 1. The Labute approximate surface area is 147 Å². The number of halogens is 3. The second-order valence-electron chi connectivity index (χ2n) is 6.06. The van der Waals surface area contributed by atoms with Crippen molar-refractivity contribution in [3.05, 3.63) is 24.0 Å². The van der Waals surface area contributed by atoms with Gasteiger partial charge >= 0.3 is 12.1 Å². The molecule has 0 atom stereocenters. The van der Waals surface area contributed by atoms with Crippen LogP contribution in [0.2, 0.25) is 0 Å². The highest BCUT2D eigenvalue weighted by Gasteiger charge is 2.34. The van der Waals surface area contributed by atoms with Crippen molar-refractivity contribution in [3.63, 3.8) is 0 Å². The Morgan fingerprint density at radius 2 is 1.96 bits per heavy atom. The van der Waals surface area contributed by atoms with Gasteiger partial charge in [0, 0.05) is 5.69 Å². The average molecular weight is 372 g/mol. The van der Waals surface area contributed by atoms with Gasteiger partial charge in [0.2, 0.25) is 11.7 Å². The molecule has 0 aliphatic carbocycles. The monoisotopic (exact) mass is 372 g/mol. The molecule has 0 radical (unpaired) electrons. The first-order valence-corrected chi connectivity index (χ1v) is 7.82. The van der Waals surface area contributed by atoms with Gasteiger partial charge in [-0.25, -0.2) is 4.98 Å². The lowest BCUT2D eigenvalue weighted by molar-refractivity contribution is -0.149. The van der Waals surface area contributed by atoms with Gasteiger partial charge in [-0.15, -0.1) is 0 Å². The summed E-state index contributed by atoms with van der Waals surface area (Å²) in [6.07, 6.45) is -4.58. The van der Waals surface area contributed by atoms with Crippen molar-refractivity contribution in [3.8, 4) is 0 Å². The lowest BCUT2D eigenvalue weighted by Gasteiger charge is -2.23. The standard InChI is InChI=1S/C16H19F3N4O3/c1-4-26-14(25)15(2,3)20-8-12(24)21-9-5-6-10-11(7-9)23-13(22-10)16(17,18)19/h5-7,20H,4,8H2,1-3H3,(H,21,24)(H,22,23). The summed E-state index contributed by atoms with van der Waals surface area (Å²) in [5.41, 5.74) is -0.468. The van der Waals surface area contributed by atoms with E-state index in [0.29, 0.717) is 5.69 Å². The molecule has 1 heterocycles. The first-order valence-electron chi connectivity index (χ1n) is 7.82. The quantitative estimate of drug-likeness (QED) is 0.677. The number of amides is 1. The number of esters is 1. The molecule has 3 N–H and O–H groups in total. The molecule has 26 heavy (non-hydrogen) atoms. The van der Waals surface area contributed by atoms with Crippen molar-refractivity contribution in [2.45, 2.75) is 32.5 Å². The van der Waals surface area contributed by atoms with E-state index in [1.165, 1.54) is 18.2 Å². The van der Waals surface area contributed by atoms with Crippen LogP contribution in [0.5, 0.6) is 0 Å². The molecule has 2 rings (SSSR count). The number of carbonyl (C=O) groups excluding carboxylic acids is 2. The highest BCUT2D eigenvalue weighted by Crippen LogP contribution is 2.29. The number of hydrogen-bond acceptors (Lipinski definition) is 5. The predicted octanol–water partition coefficient (Wildman–Crippen LogP) is 2.45. The Morgan fingerprint density at radius 1 is 1.27 bits per heavy atom. The molecule has 0 fully saturated rings. The molecule has 1 aromatic carbocycles. The minimum absolute atomic E-state index is 0.136.